The SMILES string of the molecule is [2H]C([2H])([2H])C([2H])(C([2H])([2H])[2H])C([2H])([2H])C(=O)O[C@H](CC(=O)O)C[N+](C)(C)C. The second-order valence-electron chi connectivity index (χ2n) is 4.60. The number of carboxylic acids is 1. The zero-order chi connectivity index (χ0) is 21.4. The highest BCUT2D eigenvalue weighted by molar-refractivity contribution is 5.71. The van der Waals surface area contributed by atoms with Crippen LogP contribution in [0.15, 0.2) is 0 Å². The molecule has 5 nitrogen and oxygen atoms in total. The van der Waals surface area contributed by atoms with Crippen molar-refractivity contribution in [2.45, 2.75) is 32.6 Å². The first kappa shape index (κ1) is 6.18. The Labute approximate surface area is 116 Å². The fourth-order valence-electron chi connectivity index (χ4n) is 1.23. The summed E-state index contributed by atoms with van der Waals surface area (Å²) in [7, 11) is 4.95. The lowest BCUT2D eigenvalue weighted by atomic mass is 10.1. The van der Waals surface area contributed by atoms with Crippen molar-refractivity contribution in [2.75, 3.05) is 27.7 Å². The zero-order valence-electron chi connectivity index (χ0n) is 19.1. The Balaban J connectivity index is 5.88. The minimum atomic E-state index is -3.80. The molecule has 0 spiro atoms. The largest absolute Gasteiger partial charge is 0.481 e. The molecule has 1 atom stereocenters. The van der Waals surface area contributed by atoms with Crippen molar-refractivity contribution in [3.05, 3.63) is 0 Å². The molecule has 0 aliphatic heterocycles. The van der Waals surface area contributed by atoms with Crippen molar-refractivity contribution in [1.29, 1.82) is 0 Å². The van der Waals surface area contributed by atoms with Crippen molar-refractivity contribution in [1.82, 2.24) is 0 Å². The number of likely N-dealkylation sites (N-methyl/N-ethyl adjacent to an activating group) is 1. The molecule has 0 fully saturated rings. The molecule has 0 saturated carbocycles. The van der Waals surface area contributed by atoms with Gasteiger partial charge in [-0.25, -0.2) is 0 Å². The maximum absolute atomic E-state index is 12.3. The Morgan fingerprint density at radius 1 is 1.47 bits per heavy atom. The van der Waals surface area contributed by atoms with Crippen LogP contribution in [0.25, 0.3) is 0 Å². The number of carbonyl (C=O) groups excluding carboxylic acids is 1. The van der Waals surface area contributed by atoms with Crippen LogP contribution < -0.4 is 0 Å². The number of rotatable bonds is 7. The summed E-state index contributed by atoms with van der Waals surface area (Å²) >= 11 is 0. The van der Waals surface area contributed by atoms with Crippen LogP contribution >= 0.6 is 0 Å². The van der Waals surface area contributed by atoms with Gasteiger partial charge in [0.1, 0.15) is 6.54 Å². The number of aliphatic carboxylic acids is 1. The van der Waals surface area contributed by atoms with E-state index in [4.69, 9.17) is 22.2 Å². The van der Waals surface area contributed by atoms with Crippen molar-refractivity contribution < 1.29 is 36.3 Å². The molecule has 0 aromatic carbocycles. The van der Waals surface area contributed by atoms with Crippen LogP contribution in [-0.2, 0) is 14.3 Å². The zero-order valence-corrected chi connectivity index (χ0v) is 10.1. The Morgan fingerprint density at radius 2 is 2.06 bits per heavy atom. The Hall–Kier alpha value is -1.10. The van der Waals surface area contributed by atoms with Crippen molar-refractivity contribution in [3.63, 3.8) is 0 Å². The smallest absolute Gasteiger partial charge is 0.307 e. The van der Waals surface area contributed by atoms with Crippen molar-refractivity contribution >= 4 is 11.9 Å². The third-order valence-corrected chi connectivity index (χ3v) is 1.65. The molecule has 0 bridgehead atoms. The summed E-state index contributed by atoms with van der Waals surface area (Å²) in [6, 6.07) is 0. The van der Waals surface area contributed by atoms with Gasteiger partial charge in [0.25, 0.3) is 0 Å². The highest BCUT2D eigenvalue weighted by atomic mass is 16.5. The fraction of sp³-hybridized carbons (Fsp3) is 0.833. The lowest BCUT2D eigenvalue weighted by Crippen LogP contribution is -2.43. The molecule has 0 aromatic rings. The van der Waals surface area contributed by atoms with Gasteiger partial charge >= 0.3 is 11.9 Å². The van der Waals surface area contributed by atoms with Crippen LogP contribution in [0.5, 0.6) is 0 Å². The van der Waals surface area contributed by atoms with Gasteiger partial charge in [-0.15, -0.1) is 0 Å². The minimum absolute atomic E-state index is 0.0549. The predicted molar refractivity (Wildman–Crippen MR) is 64.5 cm³/mol. The first-order valence-electron chi connectivity index (χ1n) is 9.40. The van der Waals surface area contributed by atoms with Gasteiger partial charge in [-0.05, 0) is 5.89 Å². The highest BCUT2D eigenvalue weighted by Gasteiger charge is 2.24. The quantitative estimate of drug-likeness (QED) is 0.547. The van der Waals surface area contributed by atoms with Gasteiger partial charge in [-0.1, -0.05) is 13.7 Å². The van der Waals surface area contributed by atoms with E-state index in [1.807, 2.05) is 0 Å². The molecule has 0 radical (unpaired) electrons. The summed E-state index contributed by atoms with van der Waals surface area (Å²) < 4.78 is 71.8. The molecule has 1 N–H and O–H groups in total. The number of nitrogens with zero attached hydrogens (tertiary/aromatic N) is 1. The molecule has 0 aliphatic carbocycles. The van der Waals surface area contributed by atoms with E-state index in [9.17, 15) is 9.59 Å². The summed E-state index contributed by atoms with van der Waals surface area (Å²) in [6.07, 6.45) is -5.78. The number of hydrogen-bond acceptors (Lipinski definition) is 3. The number of esters is 1. The van der Waals surface area contributed by atoms with Crippen LogP contribution in [0.1, 0.15) is 38.8 Å². The van der Waals surface area contributed by atoms with Crippen molar-refractivity contribution in [3.8, 4) is 0 Å². The summed E-state index contributed by atoms with van der Waals surface area (Å²) in [5, 5.41) is 8.91. The predicted octanol–water partition coefficient (Wildman–Crippen LogP) is 1.13. The molecule has 0 unspecified atom stereocenters. The molecule has 5 heteroatoms. The van der Waals surface area contributed by atoms with Crippen LogP contribution in [0.2, 0.25) is 0 Å². The van der Waals surface area contributed by atoms with E-state index in [0.717, 1.165) is 0 Å². The average Bonchev–Trinajstić information content (AvgIpc) is 2.31. The van der Waals surface area contributed by atoms with Crippen LogP contribution in [-0.4, -0.2) is 55.3 Å². The van der Waals surface area contributed by atoms with Gasteiger partial charge in [-0.2, -0.15) is 0 Å². The Kier molecular flexibility index (Phi) is 2.40. The van der Waals surface area contributed by atoms with Crippen LogP contribution in [0.4, 0.5) is 0 Å². The molecular formula is C12H24NO4+. The van der Waals surface area contributed by atoms with E-state index < -0.39 is 50.4 Å². The van der Waals surface area contributed by atoms with E-state index in [1.165, 1.54) is 0 Å². The standard InChI is InChI=1S/C12H23NO4/c1-9(2)6-12(16)17-10(7-11(14)15)8-13(3,4)5/h9-10H,6-8H2,1-5H3/p+1/t10-/m1/s1/i1D3,2D3,6D2,9D. The lowest BCUT2D eigenvalue weighted by molar-refractivity contribution is -0.873. The third-order valence-electron chi connectivity index (χ3n) is 1.65. The molecule has 0 heterocycles. The molecule has 0 aromatic heterocycles. The van der Waals surface area contributed by atoms with E-state index >= 15 is 0 Å². The number of ether oxygens (including phenoxy) is 1. The maximum Gasteiger partial charge on any atom is 0.307 e. The normalized spacial score (nSPS) is 24.3. The number of carbonyl (C=O) groups is 2. The Morgan fingerprint density at radius 3 is 2.47 bits per heavy atom. The van der Waals surface area contributed by atoms with Gasteiger partial charge in [0, 0.05) is 18.7 Å². The minimum Gasteiger partial charge on any atom is -0.481 e. The molecule has 0 saturated heterocycles. The summed E-state index contributed by atoms with van der Waals surface area (Å²) in [6.45, 7) is -7.41. The van der Waals surface area contributed by atoms with Gasteiger partial charge in [-0.3, -0.25) is 9.59 Å². The first-order valence-corrected chi connectivity index (χ1v) is 4.90. The molecule has 0 rings (SSSR count). The van der Waals surface area contributed by atoms with Crippen LogP contribution in [0.3, 0.4) is 0 Å². The highest BCUT2D eigenvalue weighted by Crippen LogP contribution is 2.09. The number of quaternary nitrogens is 1. The van der Waals surface area contributed by atoms with Gasteiger partial charge < -0.3 is 14.3 Å². The molecule has 100 valence electrons. The van der Waals surface area contributed by atoms with E-state index in [2.05, 4.69) is 0 Å². The third kappa shape index (κ3) is 9.81. The van der Waals surface area contributed by atoms with Crippen molar-refractivity contribution in [2.24, 2.45) is 5.89 Å². The van der Waals surface area contributed by atoms with Gasteiger partial charge in [0.2, 0.25) is 0 Å². The summed E-state index contributed by atoms with van der Waals surface area (Å²) in [5.41, 5.74) is 0. The second kappa shape index (κ2) is 6.59. The first-order chi connectivity index (χ1) is 11.2. The monoisotopic (exact) mass is 255 g/mol. The van der Waals surface area contributed by atoms with Gasteiger partial charge in [0.15, 0.2) is 6.10 Å². The fourth-order valence-corrected chi connectivity index (χ4v) is 1.23. The molecule has 0 amide bonds. The maximum atomic E-state index is 12.3. The Bertz CT molecular complexity index is 522. The van der Waals surface area contributed by atoms with Gasteiger partial charge in [0.05, 0.1) is 27.6 Å². The molecule has 0 aliphatic rings. The number of hydrogen-bond donors (Lipinski definition) is 1. The van der Waals surface area contributed by atoms with Crippen LogP contribution in [0, 0.1) is 5.89 Å². The topological polar surface area (TPSA) is 63.6 Å². The van der Waals surface area contributed by atoms with E-state index in [1.54, 1.807) is 21.1 Å². The van der Waals surface area contributed by atoms with E-state index in [0.29, 0.717) is 0 Å². The molecule has 17 heavy (non-hydrogen) atoms. The second-order valence-corrected chi connectivity index (χ2v) is 4.60. The average molecular weight is 255 g/mol. The summed E-state index contributed by atoms with van der Waals surface area (Å²) in [4.78, 5) is 23.2. The lowest BCUT2D eigenvalue weighted by Gasteiger charge is -2.28. The number of carboxylic acid groups (broad SMARTS) is 1. The molecular weight excluding hydrogens is 222 g/mol. The van der Waals surface area contributed by atoms with E-state index in [-0.39, 0.29) is 11.0 Å². The summed E-state index contributed by atoms with van der Waals surface area (Å²) in [5.74, 6) is -7.05.